The fourth-order valence-corrected chi connectivity index (χ4v) is 3.23. The molecular formula is C24H17ClN2O2. The van der Waals surface area contributed by atoms with Crippen molar-refractivity contribution in [1.29, 1.82) is 0 Å². The molecule has 4 rings (SSSR count). The van der Waals surface area contributed by atoms with Gasteiger partial charge < -0.3 is 4.57 Å². The van der Waals surface area contributed by atoms with Crippen LogP contribution in [0.3, 0.4) is 0 Å². The smallest absolute Gasteiger partial charge is 0.221 e. The Balaban J connectivity index is 1.68. The van der Waals surface area contributed by atoms with Gasteiger partial charge >= 0.3 is 0 Å². The summed E-state index contributed by atoms with van der Waals surface area (Å²) in [5, 5.41) is 0.634. The van der Waals surface area contributed by atoms with Crippen molar-refractivity contribution in [2.75, 3.05) is 0 Å². The summed E-state index contributed by atoms with van der Waals surface area (Å²) in [5.74, 6) is -0.109. The molecule has 5 heteroatoms. The average Bonchev–Trinajstić information content (AvgIpc) is 3.12. The van der Waals surface area contributed by atoms with Crippen LogP contribution in [0, 0.1) is 0 Å². The van der Waals surface area contributed by atoms with Gasteiger partial charge in [0.1, 0.15) is 0 Å². The van der Waals surface area contributed by atoms with E-state index in [1.54, 1.807) is 34.9 Å². The molecule has 0 amide bonds. The molecule has 4 aromatic rings. The second-order valence-electron chi connectivity index (χ2n) is 6.55. The van der Waals surface area contributed by atoms with E-state index in [0.717, 1.165) is 11.1 Å². The van der Waals surface area contributed by atoms with Crippen molar-refractivity contribution in [2.24, 2.45) is 0 Å². The van der Waals surface area contributed by atoms with E-state index in [1.807, 2.05) is 54.6 Å². The Morgan fingerprint density at radius 2 is 1.59 bits per heavy atom. The minimum atomic E-state index is -0.267. The van der Waals surface area contributed by atoms with Crippen LogP contribution in [0.25, 0.3) is 17.1 Å². The van der Waals surface area contributed by atoms with E-state index < -0.39 is 0 Å². The van der Waals surface area contributed by atoms with Crippen LogP contribution in [-0.2, 0) is 6.54 Å². The number of para-hydroxylation sites is 2. The monoisotopic (exact) mass is 400 g/mol. The first-order valence-electron chi connectivity index (χ1n) is 9.13. The summed E-state index contributed by atoms with van der Waals surface area (Å²) in [4.78, 5) is 30.1. The van der Waals surface area contributed by atoms with Crippen LogP contribution >= 0.6 is 11.6 Å². The molecule has 1 heterocycles. The molecule has 0 aliphatic carbocycles. The number of Topliss-reactive ketones (excluding diaryl/α,β-unsaturated/α-hetero) is 1. The Labute approximate surface area is 173 Å². The van der Waals surface area contributed by atoms with Gasteiger partial charge in [0.15, 0.2) is 11.6 Å². The summed E-state index contributed by atoms with van der Waals surface area (Å²) in [6, 6.07) is 23.6. The second-order valence-corrected chi connectivity index (χ2v) is 6.99. The molecule has 142 valence electrons. The molecule has 0 spiro atoms. The van der Waals surface area contributed by atoms with Crippen molar-refractivity contribution in [2.45, 2.75) is 6.54 Å². The van der Waals surface area contributed by atoms with Gasteiger partial charge in [-0.3, -0.25) is 9.59 Å². The molecule has 0 fully saturated rings. The Morgan fingerprint density at radius 1 is 0.897 bits per heavy atom. The Bertz CT molecular complexity index is 1210. The molecule has 0 N–H and O–H groups in total. The molecule has 1 aromatic heterocycles. The molecule has 4 nitrogen and oxygen atoms in total. The average molecular weight is 401 g/mol. The van der Waals surface area contributed by atoms with Gasteiger partial charge in [-0.05, 0) is 35.9 Å². The maximum atomic E-state index is 12.9. The molecule has 0 bridgehead atoms. The molecular weight excluding hydrogens is 384 g/mol. The van der Waals surface area contributed by atoms with Crippen LogP contribution in [0.1, 0.15) is 26.5 Å². The van der Waals surface area contributed by atoms with Crippen LogP contribution in [0.15, 0.2) is 84.9 Å². The summed E-state index contributed by atoms with van der Waals surface area (Å²) in [7, 11) is 0. The number of nitrogens with zero attached hydrogens (tertiary/aromatic N) is 2. The molecule has 0 saturated carbocycles. The summed E-state index contributed by atoms with van der Waals surface area (Å²) in [6.07, 6.45) is 3.18. The number of carbonyl (C=O) groups is 2. The number of carbonyl (C=O) groups excluding carboxylic acids is 2. The zero-order valence-corrected chi connectivity index (χ0v) is 16.2. The fraction of sp³-hybridized carbons (Fsp3) is 0.0417. The number of fused-ring (bicyclic) bond motifs is 1. The third-order valence-electron chi connectivity index (χ3n) is 4.57. The quantitative estimate of drug-likeness (QED) is 0.318. The molecule has 0 aliphatic rings. The van der Waals surface area contributed by atoms with Crippen LogP contribution in [-0.4, -0.2) is 21.1 Å². The highest BCUT2D eigenvalue weighted by Crippen LogP contribution is 2.19. The Morgan fingerprint density at radius 3 is 2.34 bits per heavy atom. The van der Waals surface area contributed by atoms with E-state index >= 15 is 0 Å². The topological polar surface area (TPSA) is 52.0 Å². The normalized spacial score (nSPS) is 11.2. The number of imidazole rings is 1. The van der Waals surface area contributed by atoms with Gasteiger partial charge in [0.25, 0.3) is 0 Å². The summed E-state index contributed by atoms with van der Waals surface area (Å²) in [5.41, 5.74) is 2.88. The molecule has 0 radical (unpaired) electrons. The van der Waals surface area contributed by atoms with Gasteiger partial charge in [0.2, 0.25) is 5.78 Å². The number of ketones is 2. The van der Waals surface area contributed by atoms with Crippen molar-refractivity contribution >= 4 is 40.3 Å². The fourth-order valence-electron chi connectivity index (χ4n) is 3.10. The van der Waals surface area contributed by atoms with E-state index in [9.17, 15) is 9.59 Å². The lowest BCUT2D eigenvalue weighted by atomic mass is 10.1. The van der Waals surface area contributed by atoms with Crippen molar-refractivity contribution in [1.82, 2.24) is 9.55 Å². The van der Waals surface area contributed by atoms with Crippen molar-refractivity contribution in [3.63, 3.8) is 0 Å². The van der Waals surface area contributed by atoms with Crippen LogP contribution < -0.4 is 0 Å². The second kappa shape index (κ2) is 8.25. The Hall–Kier alpha value is -3.50. The lowest BCUT2D eigenvalue weighted by Crippen LogP contribution is -2.15. The predicted octanol–water partition coefficient (Wildman–Crippen LogP) is 5.47. The SMILES string of the molecule is O=C(Cn1c(C(=O)/C=C/c2ccc(Cl)cc2)nc2ccccc21)c1ccccc1. The maximum absolute atomic E-state index is 12.9. The van der Waals surface area contributed by atoms with E-state index in [1.165, 1.54) is 6.08 Å². The molecule has 29 heavy (non-hydrogen) atoms. The number of halogens is 1. The third kappa shape index (κ3) is 4.18. The molecule has 0 atom stereocenters. The zero-order valence-electron chi connectivity index (χ0n) is 15.5. The first kappa shape index (κ1) is 18.8. The zero-order chi connectivity index (χ0) is 20.2. The van der Waals surface area contributed by atoms with Gasteiger partial charge in [-0.1, -0.05) is 72.3 Å². The Kier molecular flexibility index (Phi) is 5.36. The van der Waals surface area contributed by atoms with E-state index in [2.05, 4.69) is 4.98 Å². The lowest BCUT2D eigenvalue weighted by Gasteiger charge is -2.07. The molecule has 0 unspecified atom stereocenters. The van der Waals surface area contributed by atoms with E-state index in [-0.39, 0.29) is 23.9 Å². The largest absolute Gasteiger partial charge is 0.313 e. The van der Waals surface area contributed by atoms with Gasteiger partial charge in [-0.15, -0.1) is 0 Å². The first-order chi connectivity index (χ1) is 14.1. The first-order valence-corrected chi connectivity index (χ1v) is 9.51. The standard InChI is InChI=1S/C24H17ClN2O2/c25-19-13-10-17(11-14-19)12-15-22(28)24-26-20-8-4-5-9-21(20)27(24)16-23(29)18-6-2-1-3-7-18/h1-15H,16H2/b15-12+. The van der Waals surface area contributed by atoms with Crippen molar-refractivity contribution in [3.05, 3.63) is 107 Å². The molecule has 0 aliphatic heterocycles. The van der Waals surface area contributed by atoms with Crippen LogP contribution in [0.4, 0.5) is 0 Å². The highest BCUT2D eigenvalue weighted by molar-refractivity contribution is 6.30. The van der Waals surface area contributed by atoms with E-state index in [4.69, 9.17) is 11.6 Å². The summed E-state index contributed by atoms with van der Waals surface area (Å²) in [6.45, 7) is 0.0420. The maximum Gasteiger partial charge on any atom is 0.221 e. The predicted molar refractivity (Wildman–Crippen MR) is 115 cm³/mol. The minimum Gasteiger partial charge on any atom is -0.313 e. The van der Waals surface area contributed by atoms with Crippen LogP contribution in [0.2, 0.25) is 5.02 Å². The van der Waals surface area contributed by atoms with Gasteiger partial charge in [0.05, 0.1) is 17.6 Å². The number of hydrogen-bond donors (Lipinski definition) is 0. The highest BCUT2D eigenvalue weighted by atomic mass is 35.5. The van der Waals surface area contributed by atoms with Gasteiger partial charge in [0, 0.05) is 10.6 Å². The van der Waals surface area contributed by atoms with Gasteiger partial charge in [-0.2, -0.15) is 0 Å². The minimum absolute atomic E-state index is 0.0420. The molecule has 3 aromatic carbocycles. The number of rotatable bonds is 6. The number of benzene rings is 3. The van der Waals surface area contributed by atoms with Crippen LogP contribution in [0.5, 0.6) is 0 Å². The highest BCUT2D eigenvalue weighted by Gasteiger charge is 2.18. The number of hydrogen-bond acceptors (Lipinski definition) is 3. The number of aromatic nitrogens is 2. The third-order valence-corrected chi connectivity index (χ3v) is 4.82. The number of allylic oxidation sites excluding steroid dienone is 1. The van der Waals surface area contributed by atoms with Crippen molar-refractivity contribution in [3.8, 4) is 0 Å². The summed E-state index contributed by atoms with van der Waals surface area (Å²) < 4.78 is 1.68. The van der Waals surface area contributed by atoms with Crippen molar-refractivity contribution < 1.29 is 9.59 Å². The lowest BCUT2D eigenvalue weighted by molar-refractivity contribution is 0.0969. The van der Waals surface area contributed by atoms with E-state index in [0.29, 0.717) is 16.1 Å². The summed E-state index contributed by atoms with van der Waals surface area (Å²) >= 11 is 5.90. The molecule has 0 saturated heterocycles. The van der Waals surface area contributed by atoms with Gasteiger partial charge in [-0.25, -0.2) is 4.98 Å².